The van der Waals surface area contributed by atoms with Crippen LogP contribution in [0.3, 0.4) is 0 Å². The highest BCUT2D eigenvalue weighted by molar-refractivity contribution is 7.98. The number of hydrogen-bond acceptors (Lipinski definition) is 7. The molecule has 1 N–H and O–H groups in total. The van der Waals surface area contributed by atoms with Gasteiger partial charge in [-0.25, -0.2) is 14.8 Å². The molecule has 24 heavy (non-hydrogen) atoms. The summed E-state index contributed by atoms with van der Waals surface area (Å²) in [4.78, 5) is 19.7. The molecule has 0 unspecified atom stereocenters. The Morgan fingerprint density at radius 1 is 1.38 bits per heavy atom. The molecule has 0 radical (unpaired) electrons. The van der Waals surface area contributed by atoms with Crippen molar-refractivity contribution in [3.8, 4) is 0 Å². The zero-order valence-corrected chi connectivity index (χ0v) is 16.1. The van der Waals surface area contributed by atoms with Crippen molar-refractivity contribution in [3.63, 3.8) is 0 Å². The minimum Gasteiger partial charge on any atom is -0.476 e. The Morgan fingerprint density at radius 2 is 1.96 bits per heavy atom. The standard InChI is InChI=1S/C15H21BN2O4S2/c1-14(2)15(3,4)22-16(21-14)10(8-23)6-9-7-17-13(24-5)18-11(9)12(19)20/h6-7,23H,8H2,1-5H3,(H,19,20). The minimum atomic E-state index is -1.11. The Balaban J connectivity index is 2.40. The van der Waals surface area contributed by atoms with Crippen LogP contribution in [0.15, 0.2) is 16.8 Å². The van der Waals surface area contributed by atoms with Crippen molar-refractivity contribution < 1.29 is 19.2 Å². The molecule has 0 spiro atoms. The number of carboxylic acids is 1. The highest BCUT2D eigenvalue weighted by Crippen LogP contribution is 2.39. The van der Waals surface area contributed by atoms with E-state index < -0.39 is 24.3 Å². The molecule has 6 nitrogen and oxygen atoms in total. The van der Waals surface area contributed by atoms with Gasteiger partial charge in [0.1, 0.15) is 0 Å². The van der Waals surface area contributed by atoms with Crippen molar-refractivity contribution in [2.24, 2.45) is 0 Å². The SMILES string of the molecule is CSc1ncc(C=C(CS)B2OC(C)(C)C(C)(C)O2)c(C(=O)O)n1. The maximum absolute atomic E-state index is 11.5. The smallest absolute Gasteiger partial charge is 0.476 e. The fraction of sp³-hybridized carbons (Fsp3) is 0.533. The van der Waals surface area contributed by atoms with E-state index in [1.165, 1.54) is 18.0 Å². The summed E-state index contributed by atoms with van der Waals surface area (Å²) in [6.45, 7) is 7.84. The largest absolute Gasteiger partial charge is 0.491 e. The van der Waals surface area contributed by atoms with Gasteiger partial charge in [0.15, 0.2) is 10.9 Å². The molecule has 0 bridgehead atoms. The molecule has 9 heteroatoms. The summed E-state index contributed by atoms with van der Waals surface area (Å²) >= 11 is 5.63. The molecule has 1 aliphatic heterocycles. The van der Waals surface area contributed by atoms with Crippen molar-refractivity contribution in [1.82, 2.24) is 9.97 Å². The fourth-order valence-electron chi connectivity index (χ4n) is 2.13. The van der Waals surface area contributed by atoms with E-state index in [4.69, 9.17) is 9.31 Å². The Morgan fingerprint density at radius 3 is 2.42 bits per heavy atom. The highest BCUT2D eigenvalue weighted by atomic mass is 32.2. The Bertz CT molecular complexity index is 663. The van der Waals surface area contributed by atoms with Gasteiger partial charge in [-0.2, -0.15) is 12.6 Å². The Kier molecular flexibility index (Phi) is 5.69. The van der Waals surface area contributed by atoms with Gasteiger partial charge in [-0.05, 0) is 39.4 Å². The lowest BCUT2D eigenvalue weighted by Gasteiger charge is -2.32. The second kappa shape index (κ2) is 7.07. The first-order chi connectivity index (χ1) is 11.1. The van der Waals surface area contributed by atoms with Crippen LogP contribution >= 0.6 is 24.4 Å². The van der Waals surface area contributed by atoms with E-state index in [1.54, 1.807) is 12.3 Å². The summed E-state index contributed by atoms with van der Waals surface area (Å²) in [6.07, 6.45) is 4.97. The minimum absolute atomic E-state index is 0.0508. The van der Waals surface area contributed by atoms with Crippen molar-refractivity contribution in [3.05, 3.63) is 22.9 Å². The predicted octanol–water partition coefficient (Wildman–Crippen LogP) is 2.84. The van der Waals surface area contributed by atoms with E-state index in [0.29, 0.717) is 16.5 Å². The van der Waals surface area contributed by atoms with Crippen LogP contribution in [0.1, 0.15) is 43.7 Å². The number of nitrogens with zero attached hydrogens (tertiary/aromatic N) is 2. The van der Waals surface area contributed by atoms with Crippen LogP contribution in [-0.2, 0) is 9.31 Å². The molecule has 1 saturated heterocycles. The van der Waals surface area contributed by atoms with E-state index in [2.05, 4.69) is 22.6 Å². The van der Waals surface area contributed by atoms with Gasteiger partial charge in [0.2, 0.25) is 0 Å². The summed E-state index contributed by atoms with van der Waals surface area (Å²) in [6, 6.07) is 0. The van der Waals surface area contributed by atoms with E-state index in [9.17, 15) is 9.90 Å². The number of hydrogen-bond donors (Lipinski definition) is 2. The molecule has 1 aromatic heterocycles. The fourth-order valence-corrected chi connectivity index (χ4v) is 2.71. The van der Waals surface area contributed by atoms with E-state index in [-0.39, 0.29) is 5.69 Å². The Labute approximate surface area is 152 Å². The summed E-state index contributed by atoms with van der Waals surface area (Å²) in [5, 5.41) is 9.80. The number of aromatic nitrogens is 2. The molecular weight excluding hydrogens is 347 g/mol. The maximum atomic E-state index is 11.5. The van der Waals surface area contributed by atoms with Crippen LogP contribution in [0, 0.1) is 0 Å². The second-order valence-electron chi connectivity index (χ2n) is 6.43. The topological polar surface area (TPSA) is 81.5 Å². The number of carbonyl (C=O) groups is 1. The van der Waals surface area contributed by atoms with E-state index in [0.717, 1.165) is 5.47 Å². The molecule has 1 aliphatic rings. The summed E-state index contributed by atoms with van der Waals surface area (Å²) in [5.74, 6) is -0.744. The van der Waals surface area contributed by atoms with Crippen LogP contribution in [-0.4, -0.2) is 51.4 Å². The van der Waals surface area contributed by atoms with Gasteiger partial charge in [0.25, 0.3) is 0 Å². The average Bonchev–Trinajstić information content (AvgIpc) is 2.72. The summed E-state index contributed by atoms with van der Waals surface area (Å²) in [5.41, 5.74) is 0.118. The third-order valence-electron chi connectivity index (χ3n) is 4.26. The maximum Gasteiger partial charge on any atom is 0.491 e. The van der Waals surface area contributed by atoms with E-state index >= 15 is 0 Å². The quantitative estimate of drug-likeness (QED) is 0.358. The van der Waals surface area contributed by atoms with Crippen LogP contribution < -0.4 is 0 Å². The van der Waals surface area contributed by atoms with Gasteiger partial charge in [-0.1, -0.05) is 17.8 Å². The van der Waals surface area contributed by atoms with Gasteiger partial charge in [0, 0.05) is 17.5 Å². The lowest BCUT2D eigenvalue weighted by molar-refractivity contribution is 0.00578. The van der Waals surface area contributed by atoms with Crippen molar-refractivity contribution in [2.45, 2.75) is 44.1 Å². The summed E-state index contributed by atoms with van der Waals surface area (Å²) in [7, 11) is -0.589. The highest BCUT2D eigenvalue weighted by Gasteiger charge is 2.52. The molecule has 0 aliphatic carbocycles. The number of thiol groups is 1. The van der Waals surface area contributed by atoms with E-state index in [1.807, 2.05) is 27.7 Å². The van der Waals surface area contributed by atoms with Crippen LogP contribution in [0.25, 0.3) is 6.08 Å². The van der Waals surface area contributed by atoms with Gasteiger partial charge in [-0.3, -0.25) is 0 Å². The molecule has 0 aromatic carbocycles. The van der Waals surface area contributed by atoms with Gasteiger partial charge < -0.3 is 14.4 Å². The van der Waals surface area contributed by atoms with Crippen LogP contribution in [0.5, 0.6) is 0 Å². The third-order valence-corrected chi connectivity index (χ3v) is 5.19. The molecule has 2 rings (SSSR count). The zero-order chi connectivity index (χ0) is 18.1. The zero-order valence-electron chi connectivity index (χ0n) is 14.4. The first kappa shape index (κ1) is 19.3. The van der Waals surface area contributed by atoms with Crippen molar-refractivity contribution in [2.75, 3.05) is 12.0 Å². The first-order valence-electron chi connectivity index (χ1n) is 7.42. The molecule has 130 valence electrons. The molecular formula is C15H21BN2O4S2. The first-order valence-corrected chi connectivity index (χ1v) is 9.28. The molecule has 1 aromatic rings. The van der Waals surface area contributed by atoms with Gasteiger partial charge >= 0.3 is 13.1 Å². The van der Waals surface area contributed by atoms with Crippen molar-refractivity contribution in [1.29, 1.82) is 0 Å². The Hall–Kier alpha value is -1.03. The van der Waals surface area contributed by atoms with Crippen LogP contribution in [0.2, 0.25) is 0 Å². The lowest BCUT2D eigenvalue weighted by atomic mass is 9.78. The molecule has 1 fully saturated rings. The number of thioether (sulfide) groups is 1. The second-order valence-corrected chi connectivity index (χ2v) is 7.52. The molecule has 0 saturated carbocycles. The average molecular weight is 368 g/mol. The molecule has 0 amide bonds. The van der Waals surface area contributed by atoms with Gasteiger partial charge in [0.05, 0.1) is 11.2 Å². The lowest BCUT2D eigenvalue weighted by Crippen LogP contribution is -2.41. The van der Waals surface area contributed by atoms with Crippen LogP contribution in [0.4, 0.5) is 0 Å². The number of rotatable bonds is 5. The van der Waals surface area contributed by atoms with Gasteiger partial charge in [-0.15, -0.1) is 0 Å². The predicted molar refractivity (Wildman–Crippen MR) is 98.7 cm³/mol. The normalized spacial score (nSPS) is 19.6. The number of carboxylic acid groups (broad SMARTS) is 1. The molecule has 2 heterocycles. The monoisotopic (exact) mass is 368 g/mol. The van der Waals surface area contributed by atoms with Crippen molar-refractivity contribution >= 4 is 43.6 Å². The summed E-state index contributed by atoms with van der Waals surface area (Å²) < 4.78 is 12.0. The molecule has 0 atom stereocenters. The number of aromatic carboxylic acids is 1. The third kappa shape index (κ3) is 3.79.